The van der Waals surface area contributed by atoms with Gasteiger partial charge < -0.3 is 20.9 Å². The zero-order valence-corrected chi connectivity index (χ0v) is 11.2. The third kappa shape index (κ3) is 6.33. The van der Waals surface area contributed by atoms with E-state index < -0.39 is 6.10 Å². The van der Waals surface area contributed by atoms with Gasteiger partial charge in [-0.2, -0.15) is 0 Å². The number of carbonyl (C=O) groups excluding carboxylic acids is 1. The highest BCUT2D eigenvalue weighted by Crippen LogP contribution is 2.02. The van der Waals surface area contributed by atoms with E-state index in [1.165, 1.54) is 7.11 Å². The molecule has 5 nitrogen and oxygen atoms in total. The number of rotatable bonds is 8. The lowest BCUT2D eigenvalue weighted by Gasteiger charge is -2.15. The Morgan fingerprint density at radius 3 is 2.68 bits per heavy atom. The molecule has 0 bridgehead atoms. The fraction of sp³-hybridized carbons (Fsp3) is 0.500. The Labute approximate surface area is 113 Å². The maximum atomic E-state index is 11.6. The van der Waals surface area contributed by atoms with Gasteiger partial charge >= 0.3 is 0 Å². The summed E-state index contributed by atoms with van der Waals surface area (Å²) >= 11 is 0. The fourth-order valence-corrected chi connectivity index (χ4v) is 1.73. The minimum absolute atomic E-state index is 0.163. The molecule has 0 aromatic heterocycles. The average Bonchev–Trinajstić information content (AvgIpc) is 2.43. The second kappa shape index (κ2) is 8.63. The number of nitrogens with two attached hydrogens (primary N) is 1. The van der Waals surface area contributed by atoms with Gasteiger partial charge in [-0.3, -0.25) is 4.79 Å². The van der Waals surface area contributed by atoms with Crippen molar-refractivity contribution in [3.63, 3.8) is 0 Å². The summed E-state index contributed by atoms with van der Waals surface area (Å²) in [5, 5.41) is 12.5. The lowest BCUT2D eigenvalue weighted by atomic mass is 10.1. The van der Waals surface area contributed by atoms with Crippen molar-refractivity contribution in [2.75, 3.05) is 20.2 Å². The van der Waals surface area contributed by atoms with E-state index in [1.54, 1.807) is 0 Å². The molecule has 0 spiro atoms. The molecule has 5 heteroatoms. The summed E-state index contributed by atoms with van der Waals surface area (Å²) in [5.41, 5.74) is 6.48. The summed E-state index contributed by atoms with van der Waals surface area (Å²) < 4.78 is 5.02. The van der Waals surface area contributed by atoms with Crippen LogP contribution in [0.3, 0.4) is 0 Å². The number of amides is 1. The molecule has 0 heterocycles. The highest BCUT2D eigenvalue weighted by atomic mass is 16.5. The van der Waals surface area contributed by atoms with E-state index in [0.717, 1.165) is 5.56 Å². The van der Waals surface area contributed by atoms with Crippen molar-refractivity contribution < 1.29 is 14.6 Å². The van der Waals surface area contributed by atoms with Crippen LogP contribution in [0.1, 0.15) is 12.0 Å². The lowest BCUT2D eigenvalue weighted by Crippen LogP contribution is -2.36. The standard InChI is InChI=1S/C14H22N2O3/c1-19-13(9-15)8-14(18)16-10-12(17)7-11-5-3-2-4-6-11/h2-6,12-13,17H,7-10,15H2,1H3,(H,16,18). The van der Waals surface area contributed by atoms with Crippen LogP contribution in [0.25, 0.3) is 0 Å². The van der Waals surface area contributed by atoms with Gasteiger partial charge in [-0.05, 0) is 5.56 Å². The van der Waals surface area contributed by atoms with Gasteiger partial charge in [0.15, 0.2) is 0 Å². The Morgan fingerprint density at radius 1 is 1.42 bits per heavy atom. The first-order valence-electron chi connectivity index (χ1n) is 6.37. The molecule has 0 fully saturated rings. The van der Waals surface area contributed by atoms with Gasteiger partial charge in [-0.25, -0.2) is 0 Å². The minimum Gasteiger partial charge on any atom is -0.391 e. The lowest BCUT2D eigenvalue weighted by molar-refractivity contribution is -0.123. The maximum Gasteiger partial charge on any atom is 0.222 e. The molecular formula is C14H22N2O3. The van der Waals surface area contributed by atoms with Crippen molar-refractivity contribution in [3.05, 3.63) is 35.9 Å². The second-order valence-corrected chi connectivity index (χ2v) is 4.45. The van der Waals surface area contributed by atoms with Crippen molar-refractivity contribution >= 4 is 5.91 Å². The van der Waals surface area contributed by atoms with Gasteiger partial charge in [0, 0.05) is 26.6 Å². The van der Waals surface area contributed by atoms with Crippen molar-refractivity contribution in [2.24, 2.45) is 5.73 Å². The zero-order chi connectivity index (χ0) is 14.1. The van der Waals surface area contributed by atoms with Crippen LogP contribution in [-0.2, 0) is 16.0 Å². The van der Waals surface area contributed by atoms with E-state index in [-0.39, 0.29) is 25.0 Å². The molecule has 1 aromatic carbocycles. The molecule has 2 unspecified atom stereocenters. The largest absolute Gasteiger partial charge is 0.391 e. The van der Waals surface area contributed by atoms with Gasteiger partial charge in [-0.15, -0.1) is 0 Å². The van der Waals surface area contributed by atoms with Crippen LogP contribution in [0.4, 0.5) is 0 Å². The zero-order valence-electron chi connectivity index (χ0n) is 11.2. The summed E-state index contributed by atoms with van der Waals surface area (Å²) in [6.45, 7) is 0.533. The first kappa shape index (κ1) is 15.6. The summed E-state index contributed by atoms with van der Waals surface area (Å²) in [5.74, 6) is -0.163. The number of ether oxygens (including phenoxy) is 1. The number of hydrogen-bond donors (Lipinski definition) is 3. The smallest absolute Gasteiger partial charge is 0.222 e. The van der Waals surface area contributed by atoms with Crippen LogP contribution in [0.5, 0.6) is 0 Å². The highest BCUT2D eigenvalue weighted by Gasteiger charge is 2.12. The van der Waals surface area contributed by atoms with Crippen LogP contribution in [0.15, 0.2) is 30.3 Å². The molecule has 0 aliphatic heterocycles. The number of aliphatic hydroxyl groups is 1. The SMILES string of the molecule is COC(CN)CC(=O)NCC(O)Cc1ccccc1. The minimum atomic E-state index is -0.592. The molecule has 19 heavy (non-hydrogen) atoms. The van der Waals surface area contributed by atoms with Crippen LogP contribution in [-0.4, -0.2) is 43.4 Å². The summed E-state index contributed by atoms with van der Waals surface area (Å²) in [7, 11) is 1.52. The Morgan fingerprint density at radius 2 is 2.11 bits per heavy atom. The molecule has 0 saturated heterocycles. The van der Waals surface area contributed by atoms with E-state index in [2.05, 4.69) is 5.32 Å². The Kier molecular flexibility index (Phi) is 7.10. The summed E-state index contributed by atoms with van der Waals surface area (Å²) in [4.78, 5) is 11.6. The van der Waals surface area contributed by atoms with Crippen LogP contribution in [0.2, 0.25) is 0 Å². The van der Waals surface area contributed by atoms with Crippen molar-refractivity contribution in [1.29, 1.82) is 0 Å². The average molecular weight is 266 g/mol. The summed E-state index contributed by atoms with van der Waals surface area (Å²) in [6.07, 6.45) is -0.131. The van der Waals surface area contributed by atoms with Gasteiger partial charge in [0.05, 0.1) is 18.6 Å². The molecule has 4 N–H and O–H groups in total. The molecule has 2 atom stereocenters. The van der Waals surface area contributed by atoms with Crippen molar-refractivity contribution in [1.82, 2.24) is 5.32 Å². The Hall–Kier alpha value is -1.43. The number of nitrogens with one attached hydrogen (secondary N) is 1. The number of carbonyl (C=O) groups is 1. The number of aliphatic hydroxyl groups excluding tert-OH is 1. The summed E-state index contributed by atoms with van der Waals surface area (Å²) in [6, 6.07) is 9.66. The second-order valence-electron chi connectivity index (χ2n) is 4.45. The normalized spacial score (nSPS) is 13.8. The third-order valence-electron chi connectivity index (χ3n) is 2.86. The molecule has 1 rings (SSSR count). The van der Waals surface area contributed by atoms with Gasteiger partial charge in [0.25, 0.3) is 0 Å². The van der Waals surface area contributed by atoms with Crippen molar-refractivity contribution in [2.45, 2.75) is 25.0 Å². The van der Waals surface area contributed by atoms with E-state index in [4.69, 9.17) is 10.5 Å². The van der Waals surface area contributed by atoms with Crippen LogP contribution in [0, 0.1) is 0 Å². The number of benzene rings is 1. The van der Waals surface area contributed by atoms with Crippen LogP contribution >= 0.6 is 0 Å². The third-order valence-corrected chi connectivity index (χ3v) is 2.86. The van der Waals surface area contributed by atoms with Gasteiger partial charge in [-0.1, -0.05) is 30.3 Å². The quantitative estimate of drug-likeness (QED) is 0.621. The highest BCUT2D eigenvalue weighted by molar-refractivity contribution is 5.76. The molecule has 1 aromatic rings. The molecule has 0 radical (unpaired) electrons. The maximum absolute atomic E-state index is 11.6. The topological polar surface area (TPSA) is 84.6 Å². The van der Waals surface area contributed by atoms with E-state index in [9.17, 15) is 9.90 Å². The van der Waals surface area contributed by atoms with Crippen molar-refractivity contribution in [3.8, 4) is 0 Å². The van der Waals surface area contributed by atoms with Crippen LogP contribution < -0.4 is 11.1 Å². The predicted octanol–water partition coefficient (Wildman–Crippen LogP) is 0.0700. The number of hydrogen-bond acceptors (Lipinski definition) is 4. The van der Waals surface area contributed by atoms with Gasteiger partial charge in [0.2, 0.25) is 5.91 Å². The van der Waals surface area contributed by atoms with E-state index in [0.29, 0.717) is 13.0 Å². The number of methoxy groups -OCH3 is 1. The molecular weight excluding hydrogens is 244 g/mol. The monoisotopic (exact) mass is 266 g/mol. The molecule has 1 amide bonds. The Balaban J connectivity index is 2.26. The molecule has 0 saturated carbocycles. The molecule has 0 aliphatic carbocycles. The van der Waals surface area contributed by atoms with E-state index in [1.807, 2.05) is 30.3 Å². The molecule has 106 valence electrons. The van der Waals surface area contributed by atoms with Gasteiger partial charge in [0.1, 0.15) is 0 Å². The van der Waals surface area contributed by atoms with E-state index >= 15 is 0 Å². The molecule has 0 aliphatic rings. The first-order valence-corrected chi connectivity index (χ1v) is 6.37. The first-order chi connectivity index (χ1) is 9.15. The predicted molar refractivity (Wildman–Crippen MR) is 73.6 cm³/mol. The fourth-order valence-electron chi connectivity index (χ4n) is 1.73. The Bertz CT molecular complexity index is 366.